The number of Topliss-reactive ketones (excluding diaryl/α,β-unsaturated/α-hetero) is 1. The van der Waals surface area contributed by atoms with Crippen molar-refractivity contribution in [1.82, 2.24) is 0 Å². The van der Waals surface area contributed by atoms with Crippen molar-refractivity contribution in [2.24, 2.45) is 0 Å². The van der Waals surface area contributed by atoms with Crippen molar-refractivity contribution in [3.8, 4) is 5.75 Å². The van der Waals surface area contributed by atoms with Crippen molar-refractivity contribution in [2.45, 2.75) is 26.2 Å². The normalized spacial score (nSPS) is 10.5. The molecule has 5 heteroatoms. The summed E-state index contributed by atoms with van der Waals surface area (Å²) in [5.74, 6) is 0.815. The molecule has 110 valence electrons. The number of unbranched alkanes of at least 4 members (excludes halogenated alkanes) is 1. The number of nitro groups is 1. The fraction of sp³-hybridized carbons (Fsp3) is 0.312. The highest BCUT2D eigenvalue weighted by Crippen LogP contribution is 2.32. The lowest BCUT2D eigenvalue weighted by Crippen LogP contribution is -2.00. The van der Waals surface area contributed by atoms with E-state index in [4.69, 9.17) is 4.74 Å². The molecule has 0 aromatic heterocycles. The lowest BCUT2D eigenvalue weighted by Gasteiger charge is -2.09. The molecule has 0 saturated heterocycles. The number of carbonyl (C=O) groups excluding carboxylic acids is 1. The highest BCUT2D eigenvalue weighted by atomic mass is 16.6. The van der Waals surface area contributed by atoms with Crippen LogP contribution in [0.1, 0.15) is 26.2 Å². The Hall–Kier alpha value is -2.43. The van der Waals surface area contributed by atoms with Crippen LogP contribution in [-0.2, 0) is 4.79 Å². The van der Waals surface area contributed by atoms with Crippen LogP contribution in [0.15, 0.2) is 36.4 Å². The number of benzene rings is 2. The van der Waals surface area contributed by atoms with Gasteiger partial charge >= 0.3 is 0 Å². The molecule has 21 heavy (non-hydrogen) atoms. The van der Waals surface area contributed by atoms with Gasteiger partial charge in [0.15, 0.2) is 0 Å². The molecule has 0 atom stereocenters. The Morgan fingerprint density at radius 1 is 1.14 bits per heavy atom. The van der Waals surface area contributed by atoms with Crippen molar-refractivity contribution < 1.29 is 14.5 Å². The van der Waals surface area contributed by atoms with E-state index in [1.807, 2.05) is 12.1 Å². The van der Waals surface area contributed by atoms with Gasteiger partial charge in [-0.05, 0) is 31.9 Å². The molecule has 5 nitrogen and oxygen atoms in total. The summed E-state index contributed by atoms with van der Waals surface area (Å²) < 4.78 is 5.70. The molecule has 0 fully saturated rings. The average Bonchev–Trinajstić information content (AvgIpc) is 2.46. The number of carbonyl (C=O) groups is 1. The second-order valence-corrected chi connectivity index (χ2v) is 4.89. The van der Waals surface area contributed by atoms with Crippen LogP contribution in [0, 0.1) is 10.1 Å². The van der Waals surface area contributed by atoms with E-state index in [0.29, 0.717) is 24.2 Å². The maximum atomic E-state index is 11.0. The monoisotopic (exact) mass is 287 g/mol. The van der Waals surface area contributed by atoms with Gasteiger partial charge in [0, 0.05) is 17.9 Å². The Labute approximate surface area is 122 Å². The zero-order valence-electron chi connectivity index (χ0n) is 11.9. The highest BCUT2D eigenvalue weighted by Gasteiger charge is 2.14. The van der Waals surface area contributed by atoms with E-state index in [2.05, 4.69) is 0 Å². The minimum absolute atomic E-state index is 0.0783. The largest absolute Gasteiger partial charge is 0.493 e. The van der Waals surface area contributed by atoms with Crippen molar-refractivity contribution in [3.05, 3.63) is 46.5 Å². The summed E-state index contributed by atoms with van der Waals surface area (Å²) in [7, 11) is 0. The summed E-state index contributed by atoms with van der Waals surface area (Å²) in [6.45, 7) is 2.07. The van der Waals surface area contributed by atoms with Gasteiger partial charge in [0.05, 0.1) is 16.9 Å². The lowest BCUT2D eigenvalue weighted by molar-refractivity contribution is -0.383. The molecule has 0 heterocycles. The Morgan fingerprint density at radius 2 is 1.86 bits per heavy atom. The lowest BCUT2D eigenvalue weighted by atomic mass is 10.1. The number of hydrogen-bond acceptors (Lipinski definition) is 4. The molecule has 2 aromatic carbocycles. The first-order chi connectivity index (χ1) is 10.1. The van der Waals surface area contributed by atoms with E-state index in [9.17, 15) is 14.9 Å². The summed E-state index contributed by atoms with van der Waals surface area (Å²) >= 11 is 0. The maximum Gasteiger partial charge on any atom is 0.277 e. The summed E-state index contributed by atoms with van der Waals surface area (Å²) in [6, 6.07) is 10.2. The quantitative estimate of drug-likeness (QED) is 0.440. The van der Waals surface area contributed by atoms with Crippen molar-refractivity contribution in [3.63, 3.8) is 0 Å². The van der Waals surface area contributed by atoms with Crippen molar-refractivity contribution in [2.75, 3.05) is 6.61 Å². The number of rotatable bonds is 7. The van der Waals surface area contributed by atoms with Crippen molar-refractivity contribution in [1.29, 1.82) is 0 Å². The molecule has 0 unspecified atom stereocenters. The van der Waals surface area contributed by atoms with Gasteiger partial charge < -0.3 is 9.53 Å². The summed E-state index contributed by atoms with van der Waals surface area (Å²) in [5.41, 5.74) is 0.0783. The Kier molecular flexibility index (Phi) is 4.87. The van der Waals surface area contributed by atoms with Crippen LogP contribution in [0.5, 0.6) is 5.75 Å². The molecule has 2 aromatic rings. The topological polar surface area (TPSA) is 69.4 Å². The zero-order valence-corrected chi connectivity index (χ0v) is 11.9. The van der Waals surface area contributed by atoms with E-state index in [1.165, 1.54) is 6.07 Å². The second-order valence-electron chi connectivity index (χ2n) is 4.89. The minimum Gasteiger partial charge on any atom is -0.493 e. The van der Waals surface area contributed by atoms with Gasteiger partial charge in [-0.15, -0.1) is 0 Å². The Balaban J connectivity index is 2.12. The fourth-order valence-corrected chi connectivity index (χ4v) is 2.20. The van der Waals surface area contributed by atoms with E-state index >= 15 is 0 Å². The number of nitrogens with zero attached hydrogens (tertiary/aromatic N) is 1. The molecule has 0 spiro atoms. The van der Waals surface area contributed by atoms with Crippen LogP contribution < -0.4 is 4.74 Å². The molecule has 0 aliphatic carbocycles. The molecule has 0 saturated carbocycles. The van der Waals surface area contributed by atoms with Gasteiger partial charge in [-0.2, -0.15) is 0 Å². The number of ether oxygens (including phenoxy) is 1. The van der Waals surface area contributed by atoms with Crippen LogP contribution in [-0.4, -0.2) is 17.3 Å². The van der Waals surface area contributed by atoms with Crippen LogP contribution in [0.2, 0.25) is 0 Å². The first-order valence-electron chi connectivity index (χ1n) is 6.88. The Bertz CT molecular complexity index is 666. The summed E-state index contributed by atoms with van der Waals surface area (Å²) in [4.78, 5) is 21.5. The van der Waals surface area contributed by atoms with Crippen LogP contribution >= 0.6 is 0 Å². The molecule has 0 aliphatic rings. The number of hydrogen-bond donors (Lipinski definition) is 0. The third-order valence-electron chi connectivity index (χ3n) is 3.24. The zero-order chi connectivity index (χ0) is 15.2. The van der Waals surface area contributed by atoms with Gasteiger partial charge in [0.2, 0.25) is 0 Å². The molecule has 0 amide bonds. The standard InChI is InChI=1S/C16H17NO4/c1-12(18)6-4-5-11-21-16-10-9-15(17(19)20)13-7-2-3-8-14(13)16/h2-3,7-10H,4-6,11H2,1H3. The number of nitro benzene ring substituents is 1. The third kappa shape index (κ3) is 3.78. The fourth-order valence-electron chi connectivity index (χ4n) is 2.20. The van der Waals surface area contributed by atoms with Crippen LogP contribution in [0.3, 0.4) is 0 Å². The van der Waals surface area contributed by atoms with Crippen LogP contribution in [0.25, 0.3) is 10.8 Å². The summed E-state index contributed by atoms with van der Waals surface area (Å²) in [5, 5.41) is 12.3. The van der Waals surface area contributed by atoms with Gasteiger partial charge in [-0.1, -0.05) is 18.2 Å². The average molecular weight is 287 g/mol. The Morgan fingerprint density at radius 3 is 2.52 bits per heavy atom. The number of ketones is 1. The first-order valence-corrected chi connectivity index (χ1v) is 6.88. The molecular formula is C16H17NO4. The maximum absolute atomic E-state index is 11.0. The molecule has 0 radical (unpaired) electrons. The molecular weight excluding hydrogens is 270 g/mol. The van der Waals surface area contributed by atoms with Crippen LogP contribution in [0.4, 0.5) is 5.69 Å². The smallest absolute Gasteiger partial charge is 0.277 e. The van der Waals surface area contributed by atoms with Crippen molar-refractivity contribution >= 4 is 22.2 Å². The third-order valence-corrected chi connectivity index (χ3v) is 3.24. The van der Waals surface area contributed by atoms with Gasteiger partial charge in [-0.3, -0.25) is 10.1 Å². The van der Waals surface area contributed by atoms with Gasteiger partial charge in [-0.25, -0.2) is 0 Å². The second kappa shape index (κ2) is 6.83. The SMILES string of the molecule is CC(=O)CCCCOc1ccc([N+](=O)[O-])c2ccccc12. The molecule has 0 aliphatic heterocycles. The van der Waals surface area contributed by atoms with Gasteiger partial charge in [0.1, 0.15) is 11.5 Å². The van der Waals surface area contributed by atoms with Gasteiger partial charge in [0.25, 0.3) is 5.69 Å². The number of fused-ring (bicyclic) bond motifs is 1. The first kappa shape index (κ1) is 15.0. The van der Waals surface area contributed by atoms with E-state index in [1.54, 1.807) is 25.1 Å². The van der Waals surface area contributed by atoms with E-state index in [0.717, 1.165) is 18.2 Å². The van der Waals surface area contributed by atoms with E-state index in [-0.39, 0.29) is 16.4 Å². The predicted molar refractivity (Wildman–Crippen MR) is 80.6 cm³/mol. The number of non-ortho nitro benzene ring substituents is 1. The summed E-state index contributed by atoms with van der Waals surface area (Å²) in [6.07, 6.45) is 2.13. The highest BCUT2D eigenvalue weighted by molar-refractivity contribution is 5.95. The molecule has 2 rings (SSSR count). The van der Waals surface area contributed by atoms with E-state index < -0.39 is 0 Å². The molecule has 0 N–H and O–H groups in total. The predicted octanol–water partition coefficient (Wildman–Crippen LogP) is 3.89. The minimum atomic E-state index is -0.390. The molecule has 0 bridgehead atoms.